The minimum atomic E-state index is 0. The van der Waals surface area contributed by atoms with Gasteiger partial charge in [0.2, 0.25) is 11.8 Å². The lowest BCUT2D eigenvalue weighted by Gasteiger charge is -2.45. The van der Waals surface area contributed by atoms with Gasteiger partial charge in [0.15, 0.2) is 0 Å². The molecule has 1 aromatic carbocycles. The van der Waals surface area contributed by atoms with E-state index in [-0.39, 0.29) is 30.2 Å². The first-order chi connectivity index (χ1) is 14.1. The monoisotopic (exact) mass is 431 g/mol. The molecule has 2 heterocycles. The summed E-state index contributed by atoms with van der Waals surface area (Å²) in [5.74, 6) is 1.84. The lowest BCUT2D eigenvalue weighted by Crippen LogP contribution is -2.51. The zero-order valence-corrected chi connectivity index (χ0v) is 18.5. The highest BCUT2D eigenvalue weighted by molar-refractivity contribution is 5.97. The highest BCUT2D eigenvalue weighted by Gasteiger charge is 2.42. The molecule has 0 aromatic heterocycles. The van der Waals surface area contributed by atoms with E-state index in [0.29, 0.717) is 23.8 Å². The number of carbonyl (C=O) groups excluding carboxylic acids is 2. The molecule has 2 aliphatic heterocycles. The Labute approximate surface area is 185 Å². The van der Waals surface area contributed by atoms with E-state index in [9.17, 15) is 9.59 Å². The Morgan fingerprint density at radius 1 is 0.867 bits per heavy atom. The lowest BCUT2D eigenvalue weighted by atomic mass is 9.65. The largest absolute Gasteiger partial charge is 0.342 e. The van der Waals surface area contributed by atoms with Gasteiger partial charge in [-0.05, 0) is 68.4 Å². The number of nitrogens with zero attached hydrogens (tertiary/aromatic N) is 2. The number of anilines is 1. The fourth-order valence-corrected chi connectivity index (χ4v) is 6.38. The molecule has 1 saturated heterocycles. The quantitative estimate of drug-likeness (QED) is 0.780. The van der Waals surface area contributed by atoms with Gasteiger partial charge in [-0.25, -0.2) is 0 Å². The molecule has 2 bridgehead atoms. The molecule has 6 heteroatoms. The topological polar surface area (TPSA) is 66.6 Å². The van der Waals surface area contributed by atoms with Gasteiger partial charge < -0.3 is 15.5 Å². The maximum atomic E-state index is 13.2. The van der Waals surface area contributed by atoms with E-state index in [0.717, 1.165) is 57.4 Å². The molecule has 5 rings (SSSR count). The average Bonchev–Trinajstić information content (AvgIpc) is 3.17. The molecule has 164 valence electrons. The normalized spacial score (nSPS) is 31.1. The van der Waals surface area contributed by atoms with Crippen LogP contribution in [0, 0.1) is 23.7 Å². The molecule has 0 radical (unpaired) electrons. The Morgan fingerprint density at radius 3 is 2.23 bits per heavy atom. The summed E-state index contributed by atoms with van der Waals surface area (Å²) in [4.78, 5) is 30.3. The van der Waals surface area contributed by atoms with Crippen LogP contribution in [-0.2, 0) is 16.0 Å². The van der Waals surface area contributed by atoms with E-state index in [1.807, 2.05) is 21.9 Å². The van der Waals surface area contributed by atoms with Crippen LogP contribution in [0.2, 0.25) is 0 Å². The SMILES string of the molecule is Cl.NC1C2CCCC1CC(C(=O)N1CCC(C(=O)N3CCc4ccccc43)CC1)C2. The average molecular weight is 432 g/mol. The number of piperidine rings is 1. The van der Waals surface area contributed by atoms with Crippen LogP contribution in [0.4, 0.5) is 5.69 Å². The Balaban J connectivity index is 0.00000218. The van der Waals surface area contributed by atoms with Crippen molar-refractivity contribution in [3.8, 4) is 0 Å². The van der Waals surface area contributed by atoms with E-state index < -0.39 is 0 Å². The standard InChI is InChI=1S/C24H33N3O2.ClH/c25-22-18-5-3-6-19(22)15-20(14-18)23(28)26-11-8-17(9-12-26)24(29)27-13-10-16-4-1-2-7-21(16)27;/h1-2,4,7,17-20,22H,3,5-6,8-15,25H2;1H. The summed E-state index contributed by atoms with van der Waals surface area (Å²) in [5, 5.41) is 0. The van der Waals surface area contributed by atoms with E-state index in [1.54, 1.807) is 0 Å². The van der Waals surface area contributed by atoms with Crippen LogP contribution in [-0.4, -0.2) is 42.4 Å². The Bertz CT molecular complexity index is 778. The minimum absolute atomic E-state index is 0. The van der Waals surface area contributed by atoms with E-state index >= 15 is 0 Å². The van der Waals surface area contributed by atoms with Crippen molar-refractivity contribution >= 4 is 29.9 Å². The van der Waals surface area contributed by atoms with Crippen LogP contribution in [0.15, 0.2) is 24.3 Å². The number of amides is 2. The molecule has 2 saturated carbocycles. The fourth-order valence-electron chi connectivity index (χ4n) is 6.38. The summed E-state index contributed by atoms with van der Waals surface area (Å²) in [6.07, 6.45) is 8.14. The first-order valence-electron chi connectivity index (χ1n) is 11.6. The van der Waals surface area contributed by atoms with Crippen LogP contribution in [0.1, 0.15) is 50.5 Å². The number of nitrogens with two attached hydrogens (primary N) is 1. The number of hydrogen-bond acceptors (Lipinski definition) is 3. The summed E-state index contributed by atoms with van der Waals surface area (Å²) in [5.41, 5.74) is 8.76. The van der Waals surface area contributed by atoms with Crippen molar-refractivity contribution in [1.82, 2.24) is 4.90 Å². The molecule has 5 nitrogen and oxygen atoms in total. The second-order valence-corrected chi connectivity index (χ2v) is 9.66. The highest BCUT2D eigenvalue weighted by Crippen LogP contribution is 2.42. The maximum absolute atomic E-state index is 13.2. The van der Waals surface area contributed by atoms with Crippen molar-refractivity contribution in [1.29, 1.82) is 0 Å². The van der Waals surface area contributed by atoms with Gasteiger partial charge in [-0.2, -0.15) is 0 Å². The number of rotatable bonds is 2. The van der Waals surface area contributed by atoms with E-state index in [2.05, 4.69) is 12.1 Å². The molecule has 3 fully saturated rings. The second kappa shape index (κ2) is 8.88. The molecule has 2 N–H and O–H groups in total. The zero-order chi connectivity index (χ0) is 20.0. The number of carbonyl (C=O) groups is 2. The number of likely N-dealkylation sites (tertiary alicyclic amines) is 1. The van der Waals surface area contributed by atoms with Crippen molar-refractivity contribution < 1.29 is 9.59 Å². The fraction of sp³-hybridized carbons (Fsp3) is 0.667. The van der Waals surface area contributed by atoms with Crippen LogP contribution >= 0.6 is 12.4 Å². The maximum Gasteiger partial charge on any atom is 0.230 e. The molecule has 2 atom stereocenters. The molecular formula is C24H34ClN3O2. The number of para-hydroxylation sites is 1. The first kappa shape index (κ1) is 21.6. The number of hydrogen-bond donors (Lipinski definition) is 1. The molecule has 1 aromatic rings. The summed E-state index contributed by atoms with van der Waals surface area (Å²) < 4.78 is 0. The second-order valence-electron chi connectivity index (χ2n) is 9.66. The third-order valence-electron chi connectivity index (χ3n) is 8.07. The number of halogens is 1. The molecule has 30 heavy (non-hydrogen) atoms. The first-order valence-corrected chi connectivity index (χ1v) is 11.6. The van der Waals surface area contributed by atoms with Gasteiger partial charge in [0.25, 0.3) is 0 Å². The summed E-state index contributed by atoms with van der Waals surface area (Å²) >= 11 is 0. The van der Waals surface area contributed by atoms with Crippen LogP contribution in [0.25, 0.3) is 0 Å². The number of benzene rings is 1. The summed E-state index contributed by atoms with van der Waals surface area (Å²) in [6, 6.07) is 8.54. The zero-order valence-electron chi connectivity index (χ0n) is 17.7. The van der Waals surface area contributed by atoms with Crippen LogP contribution < -0.4 is 10.6 Å². The van der Waals surface area contributed by atoms with E-state index in [1.165, 1.54) is 24.8 Å². The molecule has 4 aliphatic rings. The Morgan fingerprint density at radius 2 is 1.53 bits per heavy atom. The molecule has 2 aliphatic carbocycles. The van der Waals surface area contributed by atoms with Crippen molar-refractivity contribution in [2.75, 3.05) is 24.5 Å². The van der Waals surface area contributed by atoms with Gasteiger partial charge in [-0.15, -0.1) is 12.4 Å². The predicted octanol–water partition coefficient (Wildman–Crippen LogP) is 3.39. The van der Waals surface area contributed by atoms with Gasteiger partial charge in [0, 0.05) is 43.2 Å². The van der Waals surface area contributed by atoms with Gasteiger partial charge >= 0.3 is 0 Å². The summed E-state index contributed by atoms with van der Waals surface area (Å²) in [6.45, 7) is 2.24. The Hall–Kier alpha value is -1.59. The van der Waals surface area contributed by atoms with Gasteiger partial charge in [-0.3, -0.25) is 9.59 Å². The lowest BCUT2D eigenvalue weighted by molar-refractivity contribution is -0.141. The van der Waals surface area contributed by atoms with Crippen molar-refractivity contribution in [2.45, 2.75) is 57.4 Å². The predicted molar refractivity (Wildman–Crippen MR) is 121 cm³/mol. The van der Waals surface area contributed by atoms with Gasteiger partial charge in [-0.1, -0.05) is 24.6 Å². The summed E-state index contributed by atoms with van der Waals surface area (Å²) in [7, 11) is 0. The number of fused-ring (bicyclic) bond motifs is 3. The van der Waals surface area contributed by atoms with E-state index in [4.69, 9.17) is 5.73 Å². The third-order valence-corrected chi connectivity index (χ3v) is 8.07. The van der Waals surface area contributed by atoms with Crippen molar-refractivity contribution in [2.24, 2.45) is 29.4 Å². The minimum Gasteiger partial charge on any atom is -0.342 e. The smallest absolute Gasteiger partial charge is 0.230 e. The third kappa shape index (κ3) is 3.87. The molecule has 0 spiro atoms. The molecule has 2 unspecified atom stereocenters. The molecular weight excluding hydrogens is 398 g/mol. The van der Waals surface area contributed by atoms with Gasteiger partial charge in [0.1, 0.15) is 0 Å². The molecule has 2 amide bonds. The van der Waals surface area contributed by atoms with Crippen LogP contribution in [0.5, 0.6) is 0 Å². The Kier molecular flexibility index (Phi) is 6.40. The highest BCUT2D eigenvalue weighted by atomic mass is 35.5. The van der Waals surface area contributed by atoms with Gasteiger partial charge in [0.05, 0.1) is 0 Å². The van der Waals surface area contributed by atoms with Crippen molar-refractivity contribution in [3.05, 3.63) is 29.8 Å². The van der Waals surface area contributed by atoms with Crippen LogP contribution in [0.3, 0.4) is 0 Å². The van der Waals surface area contributed by atoms with Crippen molar-refractivity contribution in [3.63, 3.8) is 0 Å².